The quantitative estimate of drug-likeness (QED) is 0.415. The Balaban J connectivity index is 1.83. The molecule has 0 unspecified atom stereocenters. The summed E-state index contributed by atoms with van der Waals surface area (Å²) < 4.78 is 6.48. The van der Waals surface area contributed by atoms with Crippen LogP contribution in [-0.2, 0) is 6.42 Å². The van der Waals surface area contributed by atoms with Gasteiger partial charge < -0.3 is 9.84 Å². The smallest absolute Gasteiger partial charge is 0.126 e. The Morgan fingerprint density at radius 3 is 2.23 bits per heavy atom. The molecule has 166 valence electrons. The van der Waals surface area contributed by atoms with Crippen LogP contribution in [0.3, 0.4) is 0 Å². The van der Waals surface area contributed by atoms with Crippen LogP contribution in [0, 0.1) is 13.8 Å². The molecule has 1 atom stereocenters. The van der Waals surface area contributed by atoms with Crippen molar-refractivity contribution < 1.29 is 9.84 Å². The van der Waals surface area contributed by atoms with E-state index in [1.165, 1.54) is 28.7 Å². The predicted molar refractivity (Wildman–Crippen MR) is 130 cm³/mol. The Bertz CT molecular complexity index is 822. The van der Waals surface area contributed by atoms with E-state index >= 15 is 0 Å². The van der Waals surface area contributed by atoms with Gasteiger partial charge in [-0.3, -0.25) is 0 Å². The van der Waals surface area contributed by atoms with Crippen molar-refractivity contribution in [2.24, 2.45) is 0 Å². The average molecular weight is 411 g/mol. The first-order valence-corrected chi connectivity index (χ1v) is 11.6. The van der Waals surface area contributed by atoms with Gasteiger partial charge in [-0.15, -0.1) is 0 Å². The fourth-order valence-corrected chi connectivity index (χ4v) is 4.21. The van der Waals surface area contributed by atoms with Crippen molar-refractivity contribution in [3.63, 3.8) is 0 Å². The largest absolute Gasteiger partial charge is 0.508 e. The van der Waals surface area contributed by atoms with Crippen LogP contribution in [0.1, 0.15) is 96.3 Å². The summed E-state index contributed by atoms with van der Waals surface area (Å²) in [6, 6.07) is 1.83. The molecule has 1 aromatic carbocycles. The Morgan fingerprint density at radius 1 is 1.00 bits per heavy atom. The lowest BCUT2D eigenvalue weighted by Crippen LogP contribution is -2.36. The topological polar surface area (TPSA) is 29.5 Å². The van der Waals surface area contributed by atoms with E-state index in [4.69, 9.17) is 4.74 Å². The van der Waals surface area contributed by atoms with E-state index in [-0.39, 0.29) is 5.60 Å². The maximum Gasteiger partial charge on any atom is 0.126 e. The Kier molecular flexibility index (Phi) is 8.82. The Hall–Kier alpha value is -1.96. The normalized spacial score (nSPS) is 19.3. The number of aryl methyl sites for hydroxylation is 1. The monoisotopic (exact) mass is 410 g/mol. The molecule has 2 nitrogen and oxygen atoms in total. The van der Waals surface area contributed by atoms with Gasteiger partial charge in [0, 0.05) is 5.56 Å². The van der Waals surface area contributed by atoms with Gasteiger partial charge in [0.1, 0.15) is 17.1 Å². The number of hydrogen-bond acceptors (Lipinski definition) is 2. The maximum atomic E-state index is 10.1. The van der Waals surface area contributed by atoms with Gasteiger partial charge in [-0.2, -0.15) is 0 Å². The number of phenols is 1. The van der Waals surface area contributed by atoms with Gasteiger partial charge in [0.15, 0.2) is 0 Å². The summed E-state index contributed by atoms with van der Waals surface area (Å²) in [5.74, 6) is 1.38. The number of aromatic hydroxyl groups is 1. The average Bonchev–Trinajstić information content (AvgIpc) is 2.66. The number of ether oxygens (including phenoxy) is 1. The fourth-order valence-electron chi connectivity index (χ4n) is 4.21. The zero-order valence-electron chi connectivity index (χ0n) is 20.3. The lowest BCUT2D eigenvalue weighted by Gasteiger charge is -2.37. The summed E-state index contributed by atoms with van der Waals surface area (Å²) in [5, 5.41) is 10.1. The molecular formula is C28H42O2. The summed E-state index contributed by atoms with van der Waals surface area (Å²) in [5.41, 5.74) is 7.45. The van der Waals surface area contributed by atoms with E-state index in [9.17, 15) is 5.11 Å². The van der Waals surface area contributed by atoms with Gasteiger partial charge in [0.2, 0.25) is 0 Å². The van der Waals surface area contributed by atoms with Crippen LogP contribution in [0.2, 0.25) is 0 Å². The number of phenolic OH excluding ortho intramolecular Hbond substituents is 1. The Labute approximate surface area is 184 Å². The van der Waals surface area contributed by atoms with Gasteiger partial charge in [-0.25, -0.2) is 0 Å². The van der Waals surface area contributed by atoms with E-state index in [1.807, 2.05) is 19.9 Å². The van der Waals surface area contributed by atoms with Crippen molar-refractivity contribution in [3.05, 3.63) is 57.7 Å². The van der Waals surface area contributed by atoms with E-state index < -0.39 is 0 Å². The van der Waals surface area contributed by atoms with Crippen LogP contribution < -0.4 is 4.74 Å². The summed E-state index contributed by atoms with van der Waals surface area (Å²) in [6.45, 7) is 15.1. The first-order chi connectivity index (χ1) is 14.1. The van der Waals surface area contributed by atoms with Gasteiger partial charge in [0.05, 0.1) is 0 Å². The molecular weight excluding hydrogens is 368 g/mol. The molecule has 0 aliphatic carbocycles. The van der Waals surface area contributed by atoms with Crippen molar-refractivity contribution in [1.29, 1.82) is 0 Å². The second-order valence-electron chi connectivity index (χ2n) is 9.70. The highest BCUT2D eigenvalue weighted by atomic mass is 16.5. The molecule has 0 aromatic heterocycles. The minimum Gasteiger partial charge on any atom is -0.508 e. The molecule has 1 heterocycles. The highest BCUT2D eigenvalue weighted by molar-refractivity contribution is 5.53. The lowest BCUT2D eigenvalue weighted by molar-refractivity contribution is 0.0559. The van der Waals surface area contributed by atoms with Crippen molar-refractivity contribution in [3.8, 4) is 11.5 Å². The second-order valence-corrected chi connectivity index (χ2v) is 9.70. The highest BCUT2D eigenvalue weighted by Gasteiger charge is 2.33. The molecule has 1 aromatic rings. The van der Waals surface area contributed by atoms with Gasteiger partial charge in [-0.05, 0) is 117 Å². The van der Waals surface area contributed by atoms with Crippen molar-refractivity contribution in [2.75, 3.05) is 0 Å². The molecule has 1 N–H and O–H groups in total. The molecule has 2 rings (SSSR count). The Morgan fingerprint density at radius 2 is 1.60 bits per heavy atom. The zero-order valence-corrected chi connectivity index (χ0v) is 20.3. The van der Waals surface area contributed by atoms with Gasteiger partial charge in [-0.1, -0.05) is 34.9 Å². The molecule has 0 bridgehead atoms. The van der Waals surface area contributed by atoms with Crippen LogP contribution in [0.25, 0.3) is 0 Å². The third-order valence-electron chi connectivity index (χ3n) is 6.36. The summed E-state index contributed by atoms with van der Waals surface area (Å²) in [4.78, 5) is 0. The maximum absolute atomic E-state index is 10.1. The molecule has 0 saturated carbocycles. The molecule has 0 radical (unpaired) electrons. The van der Waals surface area contributed by atoms with E-state index in [0.29, 0.717) is 5.75 Å². The molecule has 30 heavy (non-hydrogen) atoms. The lowest BCUT2D eigenvalue weighted by atomic mass is 9.86. The summed E-state index contributed by atoms with van der Waals surface area (Å²) in [6.07, 6.45) is 15.8. The first kappa shape index (κ1) is 24.3. The van der Waals surface area contributed by atoms with Gasteiger partial charge >= 0.3 is 0 Å². The highest BCUT2D eigenvalue weighted by Crippen LogP contribution is 2.42. The second kappa shape index (κ2) is 10.9. The molecule has 1 aliphatic heterocycles. The molecule has 0 fully saturated rings. The SMILES string of the molecule is CC(C)=CCC/C(C)=C\CC/C(C)=C/CC[C@@]1(C)CCc2c(C)c(O)cc(C)c2O1. The fraction of sp³-hybridized carbons (Fsp3) is 0.571. The van der Waals surface area contributed by atoms with E-state index in [0.717, 1.165) is 61.8 Å². The zero-order chi connectivity index (χ0) is 22.3. The van der Waals surface area contributed by atoms with E-state index in [2.05, 4.69) is 52.8 Å². The molecule has 0 spiro atoms. The number of benzene rings is 1. The van der Waals surface area contributed by atoms with Crippen LogP contribution in [0.15, 0.2) is 41.0 Å². The van der Waals surface area contributed by atoms with Crippen LogP contribution in [0.4, 0.5) is 0 Å². The molecule has 1 aliphatic rings. The minimum absolute atomic E-state index is 0.126. The van der Waals surface area contributed by atoms with E-state index in [1.54, 1.807) is 0 Å². The number of fused-ring (bicyclic) bond motifs is 1. The summed E-state index contributed by atoms with van der Waals surface area (Å²) >= 11 is 0. The third kappa shape index (κ3) is 7.07. The minimum atomic E-state index is -0.126. The number of hydrogen-bond donors (Lipinski definition) is 1. The molecule has 0 saturated heterocycles. The van der Waals surface area contributed by atoms with Crippen molar-refractivity contribution >= 4 is 0 Å². The predicted octanol–water partition coefficient (Wildman–Crippen LogP) is 8.29. The van der Waals surface area contributed by atoms with Gasteiger partial charge in [0.25, 0.3) is 0 Å². The third-order valence-corrected chi connectivity index (χ3v) is 6.36. The number of allylic oxidation sites excluding steroid dienone is 6. The standard InChI is InChI=1S/C28H42O2/c1-20(2)11-8-12-21(3)13-9-14-22(4)15-10-17-28(7)18-16-25-24(6)26(29)19-23(5)27(25)30-28/h11,13,15,19,29H,8-10,12,14,16-18H2,1-7H3/b21-13-,22-15+/t28-/m0/s1. The summed E-state index contributed by atoms with van der Waals surface area (Å²) in [7, 11) is 0. The van der Waals surface area contributed by atoms with Crippen LogP contribution in [0.5, 0.6) is 11.5 Å². The van der Waals surface area contributed by atoms with Crippen molar-refractivity contribution in [2.45, 2.75) is 105 Å². The molecule has 2 heteroatoms. The van der Waals surface area contributed by atoms with Crippen LogP contribution >= 0.6 is 0 Å². The van der Waals surface area contributed by atoms with Crippen molar-refractivity contribution in [1.82, 2.24) is 0 Å². The van der Waals surface area contributed by atoms with Crippen LogP contribution in [-0.4, -0.2) is 10.7 Å². The molecule has 0 amide bonds. The number of rotatable bonds is 9. The first-order valence-electron chi connectivity index (χ1n) is 11.6.